The molecule has 1 N–H and O–H groups in total. The summed E-state index contributed by atoms with van der Waals surface area (Å²) < 4.78 is 28.3. The molecule has 1 aliphatic carbocycles. The van der Waals surface area contributed by atoms with Crippen molar-refractivity contribution < 1.29 is 23.3 Å². The molecule has 1 unspecified atom stereocenters. The highest BCUT2D eigenvalue weighted by molar-refractivity contribution is 8.68. The molecule has 3 aromatic rings. The van der Waals surface area contributed by atoms with Crippen LogP contribution in [0.1, 0.15) is 63.0 Å². The van der Waals surface area contributed by atoms with Gasteiger partial charge in [-0.15, -0.1) is 0 Å². The average Bonchev–Trinajstić information content (AvgIpc) is 3.70. The van der Waals surface area contributed by atoms with Crippen molar-refractivity contribution in [1.82, 2.24) is 19.5 Å². The number of benzene rings is 1. The molecule has 1 amide bonds. The Bertz CT molecular complexity index is 1610. The lowest BCUT2D eigenvalue weighted by atomic mass is 9.77. The van der Waals surface area contributed by atoms with Gasteiger partial charge in [0, 0.05) is 10.3 Å². The number of aromatic nitrogens is 4. The summed E-state index contributed by atoms with van der Waals surface area (Å²) in [6.07, 6.45) is 5.45. The summed E-state index contributed by atoms with van der Waals surface area (Å²) >= 11 is 7.86. The van der Waals surface area contributed by atoms with Crippen molar-refractivity contribution in [2.45, 2.75) is 81.3 Å². The molecule has 3 saturated heterocycles. The van der Waals surface area contributed by atoms with Gasteiger partial charge >= 0.3 is 0 Å². The molecule has 1 aromatic carbocycles. The maximum atomic E-state index is 12.8. The van der Waals surface area contributed by atoms with Crippen molar-refractivity contribution in [3.8, 4) is 0 Å². The van der Waals surface area contributed by atoms with E-state index in [0.717, 1.165) is 19.3 Å². The van der Waals surface area contributed by atoms with Crippen LogP contribution in [-0.2, 0) is 30.3 Å². The van der Waals surface area contributed by atoms with Gasteiger partial charge in [-0.3, -0.25) is 9.36 Å². The number of carbonyl (C=O) groups excluding carboxylic acids is 1. The van der Waals surface area contributed by atoms with E-state index in [-0.39, 0.29) is 43.7 Å². The topological polar surface area (TPSA) is 110 Å². The number of nitrogens with zero attached hydrogens (tertiary/aromatic N) is 4. The Labute approximate surface area is 280 Å². The Kier molecular flexibility index (Phi) is 9.71. The minimum absolute atomic E-state index is 0. The van der Waals surface area contributed by atoms with E-state index in [4.69, 9.17) is 30.3 Å². The fraction of sp³-hybridized carbons (Fsp3) is 0.517. The van der Waals surface area contributed by atoms with Gasteiger partial charge in [-0.1, -0.05) is 48.7 Å². The summed E-state index contributed by atoms with van der Waals surface area (Å²) in [5.41, 5.74) is -0.639. The molecule has 2 aromatic heterocycles. The van der Waals surface area contributed by atoms with Crippen LogP contribution in [0.25, 0.3) is 11.2 Å². The number of nitrogens with one attached hydrogen (secondary N) is 1. The summed E-state index contributed by atoms with van der Waals surface area (Å²) in [6.45, 7) is 11.0. The van der Waals surface area contributed by atoms with Crippen LogP contribution < -0.4 is 5.32 Å². The molecule has 8 atom stereocenters. The van der Waals surface area contributed by atoms with Gasteiger partial charge in [-0.25, -0.2) is 15.0 Å². The van der Waals surface area contributed by atoms with Gasteiger partial charge in [0.15, 0.2) is 23.2 Å². The van der Waals surface area contributed by atoms with Crippen molar-refractivity contribution in [2.75, 3.05) is 11.9 Å². The third kappa shape index (κ3) is 5.68. The fourth-order valence-corrected chi connectivity index (χ4v) is 14.1. The van der Waals surface area contributed by atoms with E-state index in [1.165, 1.54) is 11.9 Å². The lowest BCUT2D eigenvalue weighted by Gasteiger charge is -2.37. The lowest BCUT2D eigenvalue weighted by Crippen LogP contribution is -2.40. The SMILES string of the molecule is C=C(C)[C@H]1CC[C@@]2(C)S[P@@](=S)(OC3[C@@H]4OC[C@]3(CC)O[C@H]4n3cnc4c(NC(=O)c5ccccc5)ncnc43)O[C@@H]2C1.S.S. The molecule has 44 heavy (non-hydrogen) atoms. The largest absolute Gasteiger partial charge is 0.368 e. The highest BCUT2D eigenvalue weighted by Gasteiger charge is 2.65. The Hall–Kier alpha value is -1.48. The molecule has 10 nitrogen and oxygen atoms in total. The van der Waals surface area contributed by atoms with Gasteiger partial charge in [0.25, 0.3) is 5.91 Å². The van der Waals surface area contributed by atoms with E-state index in [9.17, 15) is 4.79 Å². The van der Waals surface area contributed by atoms with E-state index < -0.39 is 29.7 Å². The summed E-state index contributed by atoms with van der Waals surface area (Å²) in [4.78, 5) is 26.2. The minimum Gasteiger partial charge on any atom is -0.368 e. The van der Waals surface area contributed by atoms with Gasteiger partial charge in [0.1, 0.15) is 24.1 Å². The van der Waals surface area contributed by atoms with Crippen LogP contribution in [0.15, 0.2) is 55.1 Å². The second-order valence-corrected chi connectivity index (χ2v) is 18.4. The Morgan fingerprint density at radius 2 is 2.05 bits per heavy atom. The second-order valence-electron chi connectivity index (χ2n) is 11.9. The average molecular weight is 696 g/mol. The van der Waals surface area contributed by atoms with E-state index in [2.05, 4.69) is 47.6 Å². The second kappa shape index (κ2) is 12.6. The zero-order valence-electron chi connectivity index (χ0n) is 24.8. The highest BCUT2D eigenvalue weighted by atomic mass is 32.9. The standard InChI is InChI=1S/C29H34N5O5PS2.2H2S/c1-5-29-14-36-22(23(29)39-40(41)38-20-13-19(17(2)3)11-12-28(20,4)42-40)27(37-29)34-16-32-21-24(30-15-31-25(21)34)33-26(35)18-9-7-6-8-10-18;;/h6-10,15-16,19-20,22-23,27H,2,5,11-14H2,1,3-4H3,(H,30,31,33,35);2*1H2/t19-,20+,22-,23?,27+,28+,29-,40+;;/m0../s1. The van der Waals surface area contributed by atoms with Crippen molar-refractivity contribution in [2.24, 2.45) is 5.92 Å². The molecular weight excluding hydrogens is 658 g/mol. The van der Waals surface area contributed by atoms with E-state index in [1.54, 1.807) is 29.8 Å². The molecule has 15 heteroatoms. The normalized spacial score (nSPS) is 35.5. The Morgan fingerprint density at radius 1 is 1.27 bits per heavy atom. The zero-order chi connectivity index (χ0) is 29.3. The first-order chi connectivity index (χ1) is 20.1. The number of amides is 1. The van der Waals surface area contributed by atoms with E-state index in [0.29, 0.717) is 41.5 Å². The van der Waals surface area contributed by atoms with Crippen molar-refractivity contribution in [3.63, 3.8) is 0 Å². The van der Waals surface area contributed by atoms with Crippen LogP contribution in [0, 0.1) is 5.92 Å². The van der Waals surface area contributed by atoms with Crippen LogP contribution in [0.5, 0.6) is 0 Å². The van der Waals surface area contributed by atoms with Crippen LogP contribution >= 0.6 is 44.1 Å². The molecular formula is C29H38N5O5PS4. The smallest absolute Gasteiger partial charge is 0.256 e. The zero-order valence-corrected chi connectivity index (χ0v) is 29.3. The van der Waals surface area contributed by atoms with Crippen LogP contribution in [-0.4, -0.2) is 60.7 Å². The predicted molar refractivity (Wildman–Crippen MR) is 186 cm³/mol. The number of hydrogen-bond acceptors (Lipinski definition) is 10. The molecule has 4 fully saturated rings. The summed E-state index contributed by atoms with van der Waals surface area (Å²) in [7, 11) is 0. The molecule has 5 heterocycles. The maximum absolute atomic E-state index is 12.8. The molecule has 1 saturated carbocycles. The lowest BCUT2D eigenvalue weighted by molar-refractivity contribution is -0.172. The van der Waals surface area contributed by atoms with Crippen LogP contribution in [0.3, 0.4) is 0 Å². The fourth-order valence-electron chi connectivity index (χ4n) is 6.58. The van der Waals surface area contributed by atoms with Gasteiger partial charge < -0.3 is 23.8 Å². The number of hydrogen-bond donors (Lipinski definition) is 1. The van der Waals surface area contributed by atoms with Gasteiger partial charge in [-0.05, 0) is 69.4 Å². The van der Waals surface area contributed by atoms with Crippen molar-refractivity contribution >= 4 is 78.8 Å². The monoisotopic (exact) mass is 695 g/mol. The third-order valence-electron chi connectivity index (χ3n) is 9.16. The van der Waals surface area contributed by atoms with Crippen molar-refractivity contribution in [3.05, 3.63) is 60.7 Å². The maximum Gasteiger partial charge on any atom is 0.256 e. The molecule has 0 radical (unpaired) electrons. The first kappa shape index (κ1) is 33.9. The first-order valence-electron chi connectivity index (χ1n) is 14.3. The molecule has 3 aliphatic heterocycles. The minimum atomic E-state index is -2.68. The van der Waals surface area contributed by atoms with E-state index >= 15 is 0 Å². The molecule has 238 valence electrons. The molecule has 4 aliphatic rings. The van der Waals surface area contributed by atoms with E-state index in [1.807, 2.05) is 22.8 Å². The molecule has 0 spiro atoms. The Balaban J connectivity index is 0.00000192. The molecule has 7 rings (SSSR count). The number of carbonyl (C=O) groups is 1. The molecule has 2 bridgehead atoms. The van der Waals surface area contributed by atoms with Gasteiger partial charge in [-0.2, -0.15) is 27.0 Å². The highest BCUT2D eigenvalue weighted by Crippen LogP contribution is 2.77. The summed E-state index contributed by atoms with van der Waals surface area (Å²) in [5.74, 6) is 0.496. The number of ether oxygens (including phenoxy) is 2. The number of rotatable bonds is 7. The summed E-state index contributed by atoms with van der Waals surface area (Å²) in [5, 5.41) is 2.86. The predicted octanol–water partition coefficient (Wildman–Crippen LogP) is 6.26. The number of imidazole rings is 1. The summed E-state index contributed by atoms with van der Waals surface area (Å²) in [6, 6.07) is 8.97. The number of fused-ring (bicyclic) bond motifs is 4. The quantitative estimate of drug-likeness (QED) is 0.225. The first-order valence-corrected chi connectivity index (χ1v) is 18.4. The third-order valence-corrected chi connectivity index (χ3v) is 14.9. The van der Waals surface area contributed by atoms with Crippen LogP contribution in [0.4, 0.5) is 5.82 Å². The number of allylic oxidation sites excluding steroid dienone is 1. The number of anilines is 1. The van der Waals surface area contributed by atoms with Crippen molar-refractivity contribution in [1.29, 1.82) is 0 Å². The Morgan fingerprint density at radius 3 is 2.77 bits per heavy atom. The van der Waals surface area contributed by atoms with Gasteiger partial charge in [0.2, 0.25) is 5.69 Å². The van der Waals surface area contributed by atoms with Gasteiger partial charge in [0.05, 0.1) is 19.0 Å². The van der Waals surface area contributed by atoms with Crippen LogP contribution in [0.2, 0.25) is 0 Å².